The van der Waals surface area contributed by atoms with Crippen molar-refractivity contribution in [3.63, 3.8) is 0 Å². The molecular formula is C22H29N3O. The van der Waals surface area contributed by atoms with Crippen molar-refractivity contribution in [2.45, 2.75) is 52.9 Å². The SMILES string of the molecule is CC[C@H](C)C(=O)N1CCC[C@H](c2nc(C)ncc2-c2cccc(C)c2)C1. The second-order valence-corrected chi connectivity index (χ2v) is 7.52. The van der Waals surface area contributed by atoms with Gasteiger partial charge in [-0.1, -0.05) is 43.7 Å². The number of carbonyl (C=O) groups is 1. The zero-order valence-corrected chi connectivity index (χ0v) is 16.3. The van der Waals surface area contributed by atoms with Crippen molar-refractivity contribution in [1.82, 2.24) is 14.9 Å². The minimum Gasteiger partial charge on any atom is -0.342 e. The smallest absolute Gasteiger partial charge is 0.225 e. The van der Waals surface area contributed by atoms with Gasteiger partial charge in [-0.15, -0.1) is 0 Å². The summed E-state index contributed by atoms with van der Waals surface area (Å²) in [6.45, 7) is 9.77. The maximum absolute atomic E-state index is 12.7. The number of nitrogens with zero attached hydrogens (tertiary/aromatic N) is 3. The topological polar surface area (TPSA) is 46.1 Å². The van der Waals surface area contributed by atoms with Crippen molar-refractivity contribution in [3.8, 4) is 11.1 Å². The van der Waals surface area contributed by atoms with Gasteiger partial charge in [-0.25, -0.2) is 9.97 Å². The van der Waals surface area contributed by atoms with Crippen LogP contribution in [0.4, 0.5) is 0 Å². The highest BCUT2D eigenvalue weighted by atomic mass is 16.2. The van der Waals surface area contributed by atoms with Gasteiger partial charge in [-0.2, -0.15) is 0 Å². The Bertz CT molecular complexity index is 787. The third kappa shape index (κ3) is 3.95. The molecule has 0 saturated carbocycles. The van der Waals surface area contributed by atoms with E-state index in [0.29, 0.717) is 0 Å². The van der Waals surface area contributed by atoms with Gasteiger partial charge in [0, 0.05) is 36.7 Å². The maximum atomic E-state index is 12.7. The first-order chi connectivity index (χ1) is 12.5. The highest BCUT2D eigenvalue weighted by molar-refractivity contribution is 5.78. The van der Waals surface area contributed by atoms with Crippen molar-refractivity contribution >= 4 is 5.91 Å². The molecule has 0 aliphatic carbocycles. The van der Waals surface area contributed by atoms with Crippen LogP contribution >= 0.6 is 0 Å². The van der Waals surface area contributed by atoms with Gasteiger partial charge in [-0.3, -0.25) is 4.79 Å². The lowest BCUT2D eigenvalue weighted by molar-refractivity contribution is -0.136. The van der Waals surface area contributed by atoms with E-state index in [1.165, 1.54) is 5.56 Å². The van der Waals surface area contributed by atoms with Crippen molar-refractivity contribution < 1.29 is 4.79 Å². The number of hydrogen-bond acceptors (Lipinski definition) is 3. The summed E-state index contributed by atoms with van der Waals surface area (Å²) >= 11 is 0. The Kier molecular flexibility index (Phi) is 5.70. The number of carbonyl (C=O) groups excluding carboxylic acids is 1. The molecule has 2 heterocycles. The number of aryl methyl sites for hydroxylation is 2. The number of amides is 1. The first kappa shape index (κ1) is 18.6. The largest absolute Gasteiger partial charge is 0.342 e. The van der Waals surface area contributed by atoms with Gasteiger partial charge in [0.15, 0.2) is 0 Å². The standard InChI is InChI=1S/C22H29N3O/c1-5-16(3)22(26)25-11-7-10-19(14-25)21-20(13-23-17(4)24-21)18-9-6-8-15(2)12-18/h6,8-9,12-13,16,19H,5,7,10-11,14H2,1-4H3/t16-,19-/m0/s1. The maximum Gasteiger partial charge on any atom is 0.225 e. The van der Waals surface area contributed by atoms with Crippen LogP contribution in [0.15, 0.2) is 30.5 Å². The fourth-order valence-electron chi connectivity index (χ4n) is 3.72. The van der Waals surface area contributed by atoms with E-state index in [4.69, 9.17) is 4.98 Å². The van der Waals surface area contributed by atoms with Crippen molar-refractivity contribution in [1.29, 1.82) is 0 Å². The summed E-state index contributed by atoms with van der Waals surface area (Å²) in [4.78, 5) is 24.0. The number of benzene rings is 1. The Morgan fingerprint density at radius 2 is 2.15 bits per heavy atom. The fraction of sp³-hybridized carbons (Fsp3) is 0.500. The molecule has 26 heavy (non-hydrogen) atoms. The van der Waals surface area contributed by atoms with E-state index in [1.54, 1.807) is 0 Å². The van der Waals surface area contributed by atoms with Crippen LogP contribution in [0.2, 0.25) is 0 Å². The Morgan fingerprint density at radius 3 is 2.88 bits per heavy atom. The average molecular weight is 351 g/mol. The van der Waals surface area contributed by atoms with Gasteiger partial charge in [0.2, 0.25) is 5.91 Å². The lowest BCUT2D eigenvalue weighted by Gasteiger charge is -2.34. The second kappa shape index (κ2) is 7.98. The summed E-state index contributed by atoms with van der Waals surface area (Å²) in [7, 11) is 0. The zero-order chi connectivity index (χ0) is 18.7. The number of piperidine rings is 1. The third-order valence-corrected chi connectivity index (χ3v) is 5.42. The summed E-state index contributed by atoms with van der Waals surface area (Å²) in [5.74, 6) is 1.44. The molecule has 4 heteroatoms. The Morgan fingerprint density at radius 1 is 1.35 bits per heavy atom. The minimum atomic E-state index is 0.0946. The van der Waals surface area contributed by atoms with Crippen molar-refractivity contribution in [2.75, 3.05) is 13.1 Å². The molecule has 1 aromatic heterocycles. The molecule has 0 N–H and O–H groups in total. The summed E-state index contributed by atoms with van der Waals surface area (Å²) in [5, 5.41) is 0. The van der Waals surface area contributed by atoms with E-state index in [-0.39, 0.29) is 17.7 Å². The summed E-state index contributed by atoms with van der Waals surface area (Å²) in [5.41, 5.74) is 4.57. The van der Waals surface area contributed by atoms with Crippen molar-refractivity contribution in [2.24, 2.45) is 5.92 Å². The lowest BCUT2D eigenvalue weighted by atomic mass is 9.89. The van der Waals surface area contributed by atoms with Crippen LogP contribution in [-0.4, -0.2) is 33.9 Å². The fourth-order valence-corrected chi connectivity index (χ4v) is 3.72. The van der Waals surface area contributed by atoms with Crippen LogP contribution < -0.4 is 0 Å². The molecule has 1 amide bonds. The van der Waals surface area contributed by atoms with Crippen LogP contribution in [0.5, 0.6) is 0 Å². The predicted octanol–water partition coefficient (Wildman–Crippen LogP) is 4.51. The Hall–Kier alpha value is -2.23. The van der Waals surface area contributed by atoms with Crippen LogP contribution in [-0.2, 0) is 4.79 Å². The Labute approximate surface area is 156 Å². The molecule has 0 unspecified atom stereocenters. The minimum absolute atomic E-state index is 0.0946. The summed E-state index contributed by atoms with van der Waals surface area (Å²) in [6, 6.07) is 8.48. The monoisotopic (exact) mass is 351 g/mol. The highest BCUT2D eigenvalue weighted by Gasteiger charge is 2.29. The molecule has 2 aromatic rings. The lowest BCUT2D eigenvalue weighted by Crippen LogP contribution is -2.42. The molecule has 1 aliphatic rings. The molecule has 1 aromatic carbocycles. The molecule has 0 bridgehead atoms. The average Bonchev–Trinajstić information content (AvgIpc) is 2.66. The normalized spacial score (nSPS) is 18.6. The molecule has 3 rings (SSSR count). The third-order valence-electron chi connectivity index (χ3n) is 5.42. The zero-order valence-electron chi connectivity index (χ0n) is 16.3. The molecule has 1 aliphatic heterocycles. The summed E-state index contributed by atoms with van der Waals surface area (Å²) in [6.07, 6.45) is 4.94. The van der Waals surface area contributed by atoms with Crippen molar-refractivity contribution in [3.05, 3.63) is 47.5 Å². The number of aromatic nitrogens is 2. The molecule has 4 nitrogen and oxygen atoms in total. The molecule has 138 valence electrons. The van der Waals surface area contributed by atoms with Crippen LogP contribution in [0.3, 0.4) is 0 Å². The second-order valence-electron chi connectivity index (χ2n) is 7.52. The summed E-state index contributed by atoms with van der Waals surface area (Å²) < 4.78 is 0. The van der Waals surface area contributed by atoms with E-state index in [2.05, 4.69) is 43.1 Å². The van der Waals surface area contributed by atoms with E-state index in [0.717, 1.165) is 55.0 Å². The molecule has 2 atom stereocenters. The van der Waals surface area contributed by atoms with E-state index in [9.17, 15) is 4.79 Å². The van der Waals surface area contributed by atoms with Gasteiger partial charge >= 0.3 is 0 Å². The Balaban J connectivity index is 1.93. The number of hydrogen-bond donors (Lipinski definition) is 0. The number of likely N-dealkylation sites (tertiary alicyclic amines) is 1. The molecular weight excluding hydrogens is 322 g/mol. The van der Waals surface area contributed by atoms with Gasteiger partial charge in [0.1, 0.15) is 5.82 Å². The van der Waals surface area contributed by atoms with Crippen LogP contribution in [0, 0.1) is 19.8 Å². The van der Waals surface area contributed by atoms with Gasteiger partial charge in [0.25, 0.3) is 0 Å². The molecule has 1 fully saturated rings. The van der Waals surface area contributed by atoms with Gasteiger partial charge in [0.05, 0.1) is 5.69 Å². The first-order valence-corrected chi connectivity index (χ1v) is 9.69. The molecule has 1 saturated heterocycles. The van der Waals surface area contributed by atoms with Gasteiger partial charge < -0.3 is 4.90 Å². The van der Waals surface area contributed by atoms with E-state index < -0.39 is 0 Å². The van der Waals surface area contributed by atoms with Gasteiger partial charge in [-0.05, 0) is 38.7 Å². The van der Waals surface area contributed by atoms with E-state index >= 15 is 0 Å². The number of rotatable bonds is 4. The molecule has 0 radical (unpaired) electrons. The quantitative estimate of drug-likeness (QED) is 0.814. The molecule has 0 spiro atoms. The van der Waals surface area contributed by atoms with Crippen LogP contribution in [0.25, 0.3) is 11.1 Å². The predicted molar refractivity (Wildman–Crippen MR) is 105 cm³/mol. The van der Waals surface area contributed by atoms with Crippen LogP contribution in [0.1, 0.15) is 56.1 Å². The first-order valence-electron chi connectivity index (χ1n) is 9.69. The highest BCUT2D eigenvalue weighted by Crippen LogP contribution is 2.33. The van der Waals surface area contributed by atoms with E-state index in [1.807, 2.05) is 24.9 Å².